The van der Waals surface area contributed by atoms with Crippen molar-refractivity contribution >= 4 is 5.69 Å². The van der Waals surface area contributed by atoms with Gasteiger partial charge in [0.2, 0.25) is 0 Å². The minimum atomic E-state index is 0.0484. The van der Waals surface area contributed by atoms with Crippen LogP contribution in [-0.4, -0.2) is 23.6 Å². The van der Waals surface area contributed by atoms with Crippen molar-refractivity contribution in [3.63, 3.8) is 0 Å². The molecule has 0 unspecified atom stereocenters. The predicted molar refractivity (Wildman–Crippen MR) is 83.9 cm³/mol. The molecule has 1 aliphatic carbocycles. The van der Waals surface area contributed by atoms with Crippen molar-refractivity contribution in [2.75, 3.05) is 18.5 Å². The molecule has 0 bridgehead atoms. The van der Waals surface area contributed by atoms with E-state index >= 15 is 0 Å². The number of nitrogens with one attached hydrogen (secondary N) is 1. The molecule has 108 valence electrons. The standard InChI is InChI=1S/C17H19N3O/c1-20-9-8-11-10-12(6-7-15(11)20)16-18-14-5-3-2-4-13(14)17(21)19-16/h6-7,10H,2-5,8-9H2,1H3,(H,18,19,21). The Labute approximate surface area is 123 Å². The first-order valence-corrected chi connectivity index (χ1v) is 7.69. The number of benzene rings is 1. The third-order valence-electron chi connectivity index (χ3n) is 4.67. The molecular formula is C17H19N3O. The van der Waals surface area contributed by atoms with E-state index in [4.69, 9.17) is 4.98 Å². The highest BCUT2D eigenvalue weighted by Gasteiger charge is 2.19. The lowest BCUT2D eigenvalue weighted by molar-refractivity contribution is 0.657. The van der Waals surface area contributed by atoms with Gasteiger partial charge in [-0.15, -0.1) is 0 Å². The van der Waals surface area contributed by atoms with Crippen molar-refractivity contribution in [2.45, 2.75) is 32.1 Å². The van der Waals surface area contributed by atoms with Crippen LogP contribution in [0.5, 0.6) is 0 Å². The molecule has 1 N–H and O–H groups in total. The lowest BCUT2D eigenvalue weighted by Gasteiger charge is -2.15. The number of hydrogen-bond donors (Lipinski definition) is 1. The van der Waals surface area contributed by atoms with Gasteiger partial charge < -0.3 is 9.88 Å². The number of aryl methyl sites for hydroxylation is 1. The van der Waals surface area contributed by atoms with Gasteiger partial charge in [0.1, 0.15) is 5.82 Å². The highest BCUT2D eigenvalue weighted by molar-refractivity contribution is 5.66. The molecule has 0 fully saturated rings. The summed E-state index contributed by atoms with van der Waals surface area (Å²) >= 11 is 0. The monoisotopic (exact) mass is 281 g/mol. The number of fused-ring (bicyclic) bond motifs is 2. The first-order chi connectivity index (χ1) is 10.2. The van der Waals surface area contributed by atoms with Gasteiger partial charge in [0.25, 0.3) is 5.56 Å². The summed E-state index contributed by atoms with van der Waals surface area (Å²) in [7, 11) is 2.12. The molecule has 0 spiro atoms. The zero-order valence-corrected chi connectivity index (χ0v) is 12.3. The summed E-state index contributed by atoms with van der Waals surface area (Å²) in [6.07, 6.45) is 5.10. The Hall–Kier alpha value is -2.10. The number of rotatable bonds is 1. The molecule has 21 heavy (non-hydrogen) atoms. The Balaban J connectivity index is 1.81. The molecule has 2 aliphatic rings. The van der Waals surface area contributed by atoms with Crippen LogP contribution in [0.25, 0.3) is 11.4 Å². The minimum absolute atomic E-state index is 0.0484. The van der Waals surface area contributed by atoms with Gasteiger partial charge in [0.05, 0.1) is 5.69 Å². The Kier molecular flexibility index (Phi) is 2.84. The van der Waals surface area contributed by atoms with Crippen LogP contribution in [0.2, 0.25) is 0 Å². The fourth-order valence-electron chi connectivity index (χ4n) is 3.45. The molecular weight excluding hydrogens is 262 g/mol. The highest BCUT2D eigenvalue weighted by Crippen LogP contribution is 2.30. The molecule has 4 heteroatoms. The van der Waals surface area contributed by atoms with Crippen LogP contribution >= 0.6 is 0 Å². The SMILES string of the molecule is CN1CCc2cc(-c3nc4c(c(=O)[nH]3)CCCC4)ccc21. The zero-order valence-electron chi connectivity index (χ0n) is 12.3. The molecule has 1 aliphatic heterocycles. The van der Waals surface area contributed by atoms with E-state index in [1.807, 2.05) is 0 Å². The third-order valence-corrected chi connectivity index (χ3v) is 4.67. The molecule has 2 heterocycles. The highest BCUT2D eigenvalue weighted by atomic mass is 16.1. The Morgan fingerprint density at radius 1 is 1.19 bits per heavy atom. The molecule has 1 aromatic heterocycles. The normalized spacial score (nSPS) is 16.7. The number of anilines is 1. The van der Waals surface area contributed by atoms with Crippen molar-refractivity contribution < 1.29 is 0 Å². The topological polar surface area (TPSA) is 49.0 Å². The van der Waals surface area contributed by atoms with Gasteiger partial charge in [-0.3, -0.25) is 4.79 Å². The Morgan fingerprint density at radius 3 is 2.95 bits per heavy atom. The van der Waals surface area contributed by atoms with Gasteiger partial charge >= 0.3 is 0 Å². The van der Waals surface area contributed by atoms with Crippen LogP contribution in [0.3, 0.4) is 0 Å². The lowest BCUT2D eigenvalue weighted by atomic mass is 9.97. The maximum atomic E-state index is 12.2. The molecule has 0 saturated heterocycles. The summed E-state index contributed by atoms with van der Waals surface area (Å²) in [5.41, 5.74) is 5.60. The van der Waals surface area contributed by atoms with E-state index < -0.39 is 0 Å². The molecule has 0 radical (unpaired) electrons. The predicted octanol–water partition coefficient (Wildman–Crippen LogP) is 2.31. The van der Waals surface area contributed by atoms with Crippen molar-refractivity contribution in [2.24, 2.45) is 0 Å². The minimum Gasteiger partial charge on any atom is -0.374 e. The van der Waals surface area contributed by atoms with E-state index in [0.29, 0.717) is 0 Å². The van der Waals surface area contributed by atoms with Gasteiger partial charge in [-0.2, -0.15) is 0 Å². The van der Waals surface area contributed by atoms with Gasteiger partial charge in [-0.05, 0) is 55.9 Å². The number of aromatic amines is 1. The summed E-state index contributed by atoms with van der Waals surface area (Å²) in [5.74, 6) is 0.720. The van der Waals surface area contributed by atoms with Gasteiger partial charge in [0, 0.05) is 30.4 Å². The fraction of sp³-hybridized carbons (Fsp3) is 0.412. The summed E-state index contributed by atoms with van der Waals surface area (Å²) < 4.78 is 0. The summed E-state index contributed by atoms with van der Waals surface area (Å²) in [4.78, 5) is 22.2. The average Bonchev–Trinajstić information content (AvgIpc) is 2.88. The fourth-order valence-corrected chi connectivity index (χ4v) is 3.45. The van der Waals surface area contributed by atoms with Crippen molar-refractivity contribution in [1.82, 2.24) is 9.97 Å². The van der Waals surface area contributed by atoms with Crippen LogP contribution in [0.15, 0.2) is 23.0 Å². The second kappa shape index (κ2) is 4.72. The van der Waals surface area contributed by atoms with Crippen LogP contribution in [0.1, 0.15) is 29.7 Å². The van der Waals surface area contributed by atoms with Crippen LogP contribution < -0.4 is 10.5 Å². The number of H-pyrrole nitrogens is 1. The molecule has 0 amide bonds. The van der Waals surface area contributed by atoms with E-state index in [-0.39, 0.29) is 5.56 Å². The van der Waals surface area contributed by atoms with E-state index in [1.54, 1.807) is 0 Å². The summed E-state index contributed by atoms with van der Waals surface area (Å²) in [6, 6.07) is 6.37. The van der Waals surface area contributed by atoms with Crippen molar-refractivity contribution in [3.8, 4) is 11.4 Å². The smallest absolute Gasteiger partial charge is 0.254 e. The largest absolute Gasteiger partial charge is 0.374 e. The number of aromatic nitrogens is 2. The second-order valence-electron chi connectivity index (χ2n) is 6.06. The van der Waals surface area contributed by atoms with Crippen molar-refractivity contribution in [3.05, 3.63) is 45.4 Å². The first-order valence-electron chi connectivity index (χ1n) is 7.69. The van der Waals surface area contributed by atoms with Gasteiger partial charge in [-0.25, -0.2) is 4.98 Å². The van der Waals surface area contributed by atoms with E-state index in [0.717, 1.165) is 61.3 Å². The Morgan fingerprint density at radius 2 is 2.05 bits per heavy atom. The van der Waals surface area contributed by atoms with Crippen LogP contribution in [0.4, 0.5) is 5.69 Å². The number of likely N-dealkylation sites (N-methyl/N-ethyl adjacent to an activating group) is 1. The lowest BCUT2D eigenvalue weighted by Crippen LogP contribution is -2.21. The van der Waals surface area contributed by atoms with Crippen LogP contribution in [-0.2, 0) is 19.3 Å². The van der Waals surface area contributed by atoms with E-state index in [1.165, 1.54) is 11.3 Å². The molecule has 4 nitrogen and oxygen atoms in total. The quantitative estimate of drug-likeness (QED) is 0.872. The maximum Gasteiger partial charge on any atom is 0.254 e. The van der Waals surface area contributed by atoms with Crippen molar-refractivity contribution in [1.29, 1.82) is 0 Å². The Bertz CT molecular complexity index is 763. The molecule has 1 aromatic carbocycles. The van der Waals surface area contributed by atoms with Crippen LogP contribution in [0, 0.1) is 0 Å². The van der Waals surface area contributed by atoms with E-state index in [2.05, 4.69) is 35.1 Å². The average molecular weight is 281 g/mol. The third kappa shape index (κ3) is 2.06. The second-order valence-corrected chi connectivity index (χ2v) is 6.06. The summed E-state index contributed by atoms with van der Waals surface area (Å²) in [5, 5.41) is 0. The van der Waals surface area contributed by atoms with E-state index in [9.17, 15) is 4.79 Å². The molecule has 0 saturated carbocycles. The molecule has 2 aromatic rings. The maximum absolute atomic E-state index is 12.2. The number of hydrogen-bond acceptors (Lipinski definition) is 3. The number of nitrogens with zero attached hydrogens (tertiary/aromatic N) is 2. The summed E-state index contributed by atoms with van der Waals surface area (Å²) in [6.45, 7) is 1.06. The zero-order chi connectivity index (χ0) is 14.4. The van der Waals surface area contributed by atoms with Gasteiger partial charge in [-0.1, -0.05) is 0 Å². The first kappa shape index (κ1) is 12.6. The molecule has 0 atom stereocenters. The molecule has 4 rings (SSSR count). The van der Waals surface area contributed by atoms with Gasteiger partial charge in [0.15, 0.2) is 0 Å².